The first kappa shape index (κ1) is 13.6. The summed E-state index contributed by atoms with van der Waals surface area (Å²) in [6.07, 6.45) is 5.80. The molecule has 3 heterocycles. The maximum Gasteiger partial charge on any atom is 0.246 e. The number of piperazine rings is 1. The fraction of sp³-hybridized carbons (Fsp3) is 0.400. The number of aromatic nitrogens is 3. The number of nitrogens with zero attached hydrogens (tertiary/aromatic N) is 5. The van der Waals surface area contributed by atoms with Crippen molar-refractivity contribution in [2.24, 2.45) is 0 Å². The van der Waals surface area contributed by atoms with Crippen LogP contribution in [0.5, 0.6) is 0 Å². The lowest BCUT2D eigenvalue weighted by atomic mass is 10.1. The fourth-order valence-corrected chi connectivity index (χ4v) is 2.90. The zero-order chi connectivity index (χ0) is 14.8. The molecule has 1 saturated heterocycles. The van der Waals surface area contributed by atoms with Crippen molar-refractivity contribution < 1.29 is 4.79 Å². The van der Waals surface area contributed by atoms with E-state index in [1.165, 1.54) is 6.08 Å². The molecule has 21 heavy (non-hydrogen) atoms. The second kappa shape index (κ2) is 5.55. The van der Waals surface area contributed by atoms with E-state index in [0.29, 0.717) is 6.54 Å². The minimum Gasteiger partial charge on any atom is -0.351 e. The van der Waals surface area contributed by atoms with Crippen LogP contribution in [0.3, 0.4) is 0 Å². The molecule has 6 nitrogen and oxygen atoms in total. The van der Waals surface area contributed by atoms with E-state index in [1.54, 1.807) is 6.33 Å². The van der Waals surface area contributed by atoms with Crippen LogP contribution in [0.15, 0.2) is 37.3 Å². The van der Waals surface area contributed by atoms with Gasteiger partial charge in [-0.3, -0.25) is 4.79 Å². The lowest BCUT2D eigenvalue weighted by molar-refractivity contribution is -0.128. The van der Waals surface area contributed by atoms with Crippen molar-refractivity contribution in [2.75, 3.05) is 24.5 Å². The predicted molar refractivity (Wildman–Crippen MR) is 81.2 cm³/mol. The van der Waals surface area contributed by atoms with Crippen molar-refractivity contribution in [1.82, 2.24) is 19.5 Å². The third-order valence-corrected chi connectivity index (χ3v) is 4.02. The van der Waals surface area contributed by atoms with Crippen molar-refractivity contribution in [3.8, 4) is 0 Å². The molecule has 0 aromatic carbocycles. The van der Waals surface area contributed by atoms with Crippen LogP contribution < -0.4 is 4.90 Å². The van der Waals surface area contributed by atoms with Gasteiger partial charge in [0, 0.05) is 31.9 Å². The van der Waals surface area contributed by atoms with Gasteiger partial charge in [-0.2, -0.15) is 5.10 Å². The van der Waals surface area contributed by atoms with Crippen LogP contribution in [0.4, 0.5) is 5.82 Å². The van der Waals surface area contributed by atoms with Crippen LogP contribution in [0, 0.1) is 0 Å². The van der Waals surface area contributed by atoms with Gasteiger partial charge in [0.2, 0.25) is 5.91 Å². The molecule has 110 valence electrons. The highest BCUT2D eigenvalue weighted by atomic mass is 16.2. The quantitative estimate of drug-likeness (QED) is 0.799. The summed E-state index contributed by atoms with van der Waals surface area (Å²) in [4.78, 5) is 20.5. The van der Waals surface area contributed by atoms with E-state index in [-0.39, 0.29) is 11.9 Å². The molecule has 0 bridgehead atoms. The van der Waals surface area contributed by atoms with Crippen molar-refractivity contribution in [1.29, 1.82) is 0 Å². The number of hydrogen-bond donors (Lipinski definition) is 0. The summed E-state index contributed by atoms with van der Waals surface area (Å²) < 4.78 is 1.82. The first-order valence-electron chi connectivity index (χ1n) is 7.21. The Kier molecular flexibility index (Phi) is 3.60. The standard InChI is InChI=1S/C15H19N5O/c1-3-12-10-18(8-9-19(12)14(21)4-2)15-13-6-5-7-20(13)17-11-16-15/h4-7,11-12H,2-3,8-10H2,1H3/t12-/m1/s1. The molecular weight excluding hydrogens is 266 g/mol. The molecule has 1 atom stereocenters. The van der Waals surface area contributed by atoms with Gasteiger partial charge in [-0.1, -0.05) is 13.5 Å². The molecule has 0 aliphatic carbocycles. The Morgan fingerprint density at radius 3 is 3.14 bits per heavy atom. The third-order valence-electron chi connectivity index (χ3n) is 4.02. The molecule has 0 saturated carbocycles. The molecule has 6 heteroatoms. The Morgan fingerprint density at radius 2 is 2.38 bits per heavy atom. The van der Waals surface area contributed by atoms with Gasteiger partial charge in [0.05, 0.1) is 0 Å². The van der Waals surface area contributed by atoms with Crippen molar-refractivity contribution in [3.05, 3.63) is 37.3 Å². The van der Waals surface area contributed by atoms with E-state index in [1.807, 2.05) is 27.7 Å². The van der Waals surface area contributed by atoms with Crippen molar-refractivity contribution in [2.45, 2.75) is 19.4 Å². The summed E-state index contributed by atoms with van der Waals surface area (Å²) in [5.41, 5.74) is 0.996. The number of hydrogen-bond acceptors (Lipinski definition) is 4. The molecule has 2 aromatic heterocycles. The topological polar surface area (TPSA) is 53.7 Å². The summed E-state index contributed by atoms with van der Waals surface area (Å²) in [6.45, 7) is 7.94. The van der Waals surface area contributed by atoms with E-state index < -0.39 is 0 Å². The Bertz CT molecular complexity index is 665. The predicted octanol–water partition coefficient (Wildman–Crippen LogP) is 1.34. The lowest BCUT2D eigenvalue weighted by Gasteiger charge is -2.41. The smallest absolute Gasteiger partial charge is 0.246 e. The van der Waals surface area contributed by atoms with E-state index in [4.69, 9.17) is 0 Å². The van der Waals surface area contributed by atoms with Gasteiger partial charge in [-0.05, 0) is 24.6 Å². The van der Waals surface area contributed by atoms with Crippen LogP contribution in [-0.4, -0.2) is 51.1 Å². The Morgan fingerprint density at radius 1 is 1.52 bits per heavy atom. The monoisotopic (exact) mass is 285 g/mol. The first-order valence-corrected chi connectivity index (χ1v) is 7.21. The highest BCUT2D eigenvalue weighted by molar-refractivity contribution is 5.87. The van der Waals surface area contributed by atoms with Crippen LogP contribution in [0.1, 0.15) is 13.3 Å². The van der Waals surface area contributed by atoms with Crippen molar-refractivity contribution in [3.63, 3.8) is 0 Å². The highest BCUT2D eigenvalue weighted by Crippen LogP contribution is 2.22. The second-order valence-corrected chi connectivity index (χ2v) is 5.17. The SMILES string of the molecule is C=CC(=O)N1CCN(c2ncnn3cccc23)C[C@H]1CC. The molecular formula is C15H19N5O. The number of anilines is 1. The molecule has 2 aromatic rings. The lowest BCUT2D eigenvalue weighted by Crippen LogP contribution is -2.55. The number of carbonyl (C=O) groups excluding carboxylic acids is 1. The van der Waals surface area contributed by atoms with Crippen LogP contribution >= 0.6 is 0 Å². The van der Waals surface area contributed by atoms with Gasteiger partial charge < -0.3 is 9.80 Å². The highest BCUT2D eigenvalue weighted by Gasteiger charge is 2.29. The average molecular weight is 285 g/mol. The normalized spacial score (nSPS) is 19.0. The Hall–Kier alpha value is -2.37. The molecule has 1 aliphatic heterocycles. The minimum absolute atomic E-state index is 0.0111. The maximum atomic E-state index is 11.9. The zero-order valence-electron chi connectivity index (χ0n) is 12.1. The van der Waals surface area contributed by atoms with Crippen LogP contribution in [0.25, 0.3) is 5.52 Å². The maximum absolute atomic E-state index is 11.9. The van der Waals surface area contributed by atoms with Gasteiger partial charge in [0.1, 0.15) is 11.8 Å². The zero-order valence-corrected chi connectivity index (χ0v) is 12.1. The van der Waals surface area contributed by atoms with Gasteiger partial charge >= 0.3 is 0 Å². The Labute approximate surface area is 123 Å². The summed E-state index contributed by atoms with van der Waals surface area (Å²) in [5, 5.41) is 4.19. The summed E-state index contributed by atoms with van der Waals surface area (Å²) >= 11 is 0. The molecule has 1 aliphatic rings. The van der Waals surface area contributed by atoms with Crippen LogP contribution in [0.2, 0.25) is 0 Å². The number of amides is 1. The van der Waals surface area contributed by atoms with Crippen LogP contribution in [-0.2, 0) is 4.79 Å². The first-order chi connectivity index (χ1) is 10.2. The van der Waals surface area contributed by atoms with Gasteiger partial charge in [0.15, 0.2) is 5.82 Å². The number of fused-ring (bicyclic) bond motifs is 1. The van der Waals surface area contributed by atoms with E-state index in [2.05, 4.69) is 28.5 Å². The largest absolute Gasteiger partial charge is 0.351 e. The average Bonchev–Trinajstić information content (AvgIpc) is 3.02. The summed E-state index contributed by atoms with van der Waals surface area (Å²) in [5.74, 6) is 0.941. The summed E-state index contributed by atoms with van der Waals surface area (Å²) in [6, 6.07) is 4.16. The molecule has 3 rings (SSSR count). The Balaban J connectivity index is 1.87. The molecule has 1 amide bonds. The van der Waals surface area contributed by atoms with E-state index in [0.717, 1.165) is 30.8 Å². The molecule has 0 unspecified atom stereocenters. The molecule has 1 fully saturated rings. The van der Waals surface area contributed by atoms with Gasteiger partial charge in [-0.15, -0.1) is 0 Å². The molecule has 0 N–H and O–H groups in total. The van der Waals surface area contributed by atoms with E-state index in [9.17, 15) is 4.79 Å². The van der Waals surface area contributed by atoms with Gasteiger partial charge in [0.25, 0.3) is 0 Å². The second-order valence-electron chi connectivity index (χ2n) is 5.17. The third kappa shape index (κ3) is 2.37. The number of carbonyl (C=O) groups is 1. The van der Waals surface area contributed by atoms with Gasteiger partial charge in [-0.25, -0.2) is 9.50 Å². The number of rotatable bonds is 3. The fourth-order valence-electron chi connectivity index (χ4n) is 2.90. The van der Waals surface area contributed by atoms with E-state index >= 15 is 0 Å². The molecule has 0 spiro atoms. The van der Waals surface area contributed by atoms with Crippen molar-refractivity contribution >= 4 is 17.2 Å². The minimum atomic E-state index is 0.0111. The summed E-state index contributed by atoms with van der Waals surface area (Å²) in [7, 11) is 0. The molecule has 0 radical (unpaired) electrons.